The molecule has 0 spiro atoms. The standard InChI is InChI=1S/C20H27N3O2/c1-18-5-7-19(8-6-18)25-17-16-22-12-10-21(11-13-22)14-15-23-9-3-2-4-20(23)24/h2-9H,10-17H2,1H3. The van der Waals surface area contributed by atoms with Crippen LogP contribution < -0.4 is 10.3 Å². The third kappa shape index (κ3) is 5.44. The molecule has 0 unspecified atom stereocenters. The average Bonchev–Trinajstić information content (AvgIpc) is 2.64. The van der Waals surface area contributed by atoms with Crippen LogP contribution in [-0.4, -0.2) is 60.2 Å². The highest BCUT2D eigenvalue weighted by Gasteiger charge is 2.16. The number of rotatable bonds is 7. The van der Waals surface area contributed by atoms with Crippen LogP contribution in [-0.2, 0) is 6.54 Å². The van der Waals surface area contributed by atoms with Crippen molar-refractivity contribution < 1.29 is 4.74 Å². The van der Waals surface area contributed by atoms with Crippen molar-refractivity contribution in [1.29, 1.82) is 0 Å². The predicted molar refractivity (Wildman–Crippen MR) is 100 cm³/mol. The molecule has 134 valence electrons. The van der Waals surface area contributed by atoms with Crippen molar-refractivity contribution in [3.8, 4) is 5.75 Å². The number of hydrogen-bond donors (Lipinski definition) is 0. The molecular weight excluding hydrogens is 314 g/mol. The van der Waals surface area contributed by atoms with Crippen LogP contribution in [0.15, 0.2) is 53.5 Å². The number of hydrogen-bond acceptors (Lipinski definition) is 4. The third-order valence-electron chi connectivity index (χ3n) is 4.72. The first kappa shape index (κ1) is 17.7. The molecule has 5 nitrogen and oxygen atoms in total. The SMILES string of the molecule is Cc1ccc(OCCN2CCN(CCn3ccccc3=O)CC2)cc1. The van der Waals surface area contributed by atoms with Crippen molar-refractivity contribution in [2.75, 3.05) is 45.9 Å². The summed E-state index contributed by atoms with van der Waals surface area (Å²) in [6.45, 7) is 9.66. The Hall–Kier alpha value is -2.11. The molecule has 2 aromatic rings. The van der Waals surface area contributed by atoms with E-state index < -0.39 is 0 Å². The van der Waals surface area contributed by atoms with Crippen LogP contribution in [0.1, 0.15) is 5.56 Å². The maximum absolute atomic E-state index is 11.7. The molecule has 5 heteroatoms. The summed E-state index contributed by atoms with van der Waals surface area (Å²) in [4.78, 5) is 16.6. The fourth-order valence-electron chi connectivity index (χ4n) is 3.06. The first-order valence-corrected chi connectivity index (χ1v) is 9.00. The first-order chi connectivity index (χ1) is 12.2. The highest BCUT2D eigenvalue weighted by Crippen LogP contribution is 2.11. The van der Waals surface area contributed by atoms with E-state index in [9.17, 15) is 4.79 Å². The minimum atomic E-state index is 0.0781. The summed E-state index contributed by atoms with van der Waals surface area (Å²) < 4.78 is 7.60. The number of nitrogens with zero attached hydrogens (tertiary/aromatic N) is 3. The lowest BCUT2D eigenvalue weighted by Gasteiger charge is -2.34. The highest BCUT2D eigenvalue weighted by atomic mass is 16.5. The molecule has 1 aromatic heterocycles. The summed E-state index contributed by atoms with van der Waals surface area (Å²) in [5, 5.41) is 0. The summed E-state index contributed by atoms with van der Waals surface area (Å²) in [5.74, 6) is 0.942. The lowest BCUT2D eigenvalue weighted by atomic mass is 10.2. The van der Waals surface area contributed by atoms with Crippen molar-refractivity contribution >= 4 is 0 Å². The third-order valence-corrected chi connectivity index (χ3v) is 4.72. The topological polar surface area (TPSA) is 37.7 Å². The van der Waals surface area contributed by atoms with Gasteiger partial charge in [-0.05, 0) is 25.1 Å². The number of aryl methyl sites for hydroxylation is 1. The van der Waals surface area contributed by atoms with Crippen LogP contribution >= 0.6 is 0 Å². The van der Waals surface area contributed by atoms with Gasteiger partial charge in [0.15, 0.2) is 0 Å². The number of pyridine rings is 1. The van der Waals surface area contributed by atoms with Gasteiger partial charge in [-0.2, -0.15) is 0 Å². The Labute approximate surface area is 149 Å². The van der Waals surface area contributed by atoms with Gasteiger partial charge < -0.3 is 9.30 Å². The molecule has 1 aliphatic heterocycles. The molecule has 0 radical (unpaired) electrons. The Morgan fingerprint density at radius 3 is 2.24 bits per heavy atom. The van der Waals surface area contributed by atoms with Gasteiger partial charge in [0.05, 0.1) is 0 Å². The maximum Gasteiger partial charge on any atom is 0.250 e. The van der Waals surface area contributed by atoms with Crippen LogP contribution in [0, 0.1) is 6.92 Å². The van der Waals surface area contributed by atoms with Crippen LogP contribution in [0.4, 0.5) is 0 Å². The van der Waals surface area contributed by atoms with E-state index in [2.05, 4.69) is 28.9 Å². The largest absolute Gasteiger partial charge is 0.492 e. The average molecular weight is 341 g/mol. The Kier molecular flexibility index (Phi) is 6.25. The minimum Gasteiger partial charge on any atom is -0.492 e. The van der Waals surface area contributed by atoms with E-state index in [1.54, 1.807) is 16.7 Å². The fraction of sp³-hybridized carbons (Fsp3) is 0.450. The smallest absolute Gasteiger partial charge is 0.250 e. The molecule has 25 heavy (non-hydrogen) atoms. The van der Waals surface area contributed by atoms with Gasteiger partial charge in [0, 0.05) is 58.1 Å². The van der Waals surface area contributed by atoms with Crippen molar-refractivity contribution in [2.45, 2.75) is 13.5 Å². The summed E-state index contributed by atoms with van der Waals surface area (Å²) >= 11 is 0. The molecule has 0 amide bonds. The first-order valence-electron chi connectivity index (χ1n) is 9.00. The van der Waals surface area contributed by atoms with Crippen LogP contribution in [0.5, 0.6) is 5.75 Å². The van der Waals surface area contributed by atoms with E-state index in [0.717, 1.165) is 58.2 Å². The van der Waals surface area contributed by atoms with Crippen molar-refractivity contribution in [3.63, 3.8) is 0 Å². The summed E-state index contributed by atoms with van der Waals surface area (Å²) in [6.07, 6.45) is 1.86. The van der Waals surface area contributed by atoms with E-state index in [1.165, 1.54) is 5.56 Å². The van der Waals surface area contributed by atoms with Gasteiger partial charge in [-0.1, -0.05) is 23.8 Å². The van der Waals surface area contributed by atoms with E-state index in [-0.39, 0.29) is 5.56 Å². The Morgan fingerprint density at radius 1 is 0.880 bits per heavy atom. The highest BCUT2D eigenvalue weighted by molar-refractivity contribution is 5.26. The van der Waals surface area contributed by atoms with E-state index in [0.29, 0.717) is 0 Å². The van der Waals surface area contributed by atoms with Crippen LogP contribution in [0.25, 0.3) is 0 Å². The normalized spacial score (nSPS) is 16.0. The van der Waals surface area contributed by atoms with Gasteiger partial charge in [0.2, 0.25) is 0 Å². The van der Waals surface area contributed by atoms with Crippen LogP contribution in [0.2, 0.25) is 0 Å². The molecule has 1 aliphatic rings. The number of piperazine rings is 1. The molecule has 0 bridgehead atoms. The van der Waals surface area contributed by atoms with Crippen molar-refractivity contribution in [2.24, 2.45) is 0 Å². The summed E-state index contributed by atoms with van der Waals surface area (Å²) in [5.41, 5.74) is 1.33. The van der Waals surface area contributed by atoms with Crippen molar-refractivity contribution in [1.82, 2.24) is 14.4 Å². The zero-order valence-electron chi connectivity index (χ0n) is 14.9. The molecule has 0 aliphatic carbocycles. The minimum absolute atomic E-state index is 0.0781. The summed E-state index contributed by atoms with van der Waals surface area (Å²) in [6, 6.07) is 13.5. The van der Waals surface area contributed by atoms with Crippen molar-refractivity contribution in [3.05, 3.63) is 64.6 Å². The zero-order chi connectivity index (χ0) is 17.5. The van der Waals surface area contributed by atoms with Crippen LogP contribution in [0.3, 0.4) is 0 Å². The monoisotopic (exact) mass is 341 g/mol. The molecular formula is C20H27N3O2. The maximum atomic E-state index is 11.7. The second kappa shape index (κ2) is 8.83. The van der Waals surface area contributed by atoms with Gasteiger partial charge in [-0.25, -0.2) is 0 Å². The van der Waals surface area contributed by atoms with E-state index in [1.807, 2.05) is 24.4 Å². The van der Waals surface area contributed by atoms with Gasteiger partial charge in [0.25, 0.3) is 5.56 Å². The van der Waals surface area contributed by atoms with Gasteiger partial charge in [-0.3, -0.25) is 14.6 Å². The van der Waals surface area contributed by atoms with E-state index in [4.69, 9.17) is 4.74 Å². The molecule has 1 fully saturated rings. The van der Waals surface area contributed by atoms with Gasteiger partial charge in [0.1, 0.15) is 12.4 Å². The predicted octanol–water partition coefficient (Wildman–Crippen LogP) is 1.85. The molecule has 0 N–H and O–H groups in total. The fourth-order valence-corrected chi connectivity index (χ4v) is 3.06. The molecule has 0 atom stereocenters. The molecule has 0 saturated carbocycles. The quantitative estimate of drug-likeness (QED) is 0.770. The summed E-state index contributed by atoms with van der Waals surface area (Å²) in [7, 11) is 0. The lowest BCUT2D eigenvalue weighted by Crippen LogP contribution is -2.48. The Balaban J connectivity index is 1.34. The van der Waals surface area contributed by atoms with E-state index >= 15 is 0 Å². The number of aromatic nitrogens is 1. The molecule has 2 heterocycles. The Morgan fingerprint density at radius 2 is 1.56 bits per heavy atom. The number of benzene rings is 1. The second-order valence-corrected chi connectivity index (χ2v) is 6.58. The molecule has 1 saturated heterocycles. The van der Waals surface area contributed by atoms with Gasteiger partial charge in [-0.15, -0.1) is 0 Å². The molecule has 3 rings (SSSR count). The zero-order valence-corrected chi connectivity index (χ0v) is 14.9. The second-order valence-electron chi connectivity index (χ2n) is 6.58. The number of ether oxygens (including phenoxy) is 1. The van der Waals surface area contributed by atoms with Gasteiger partial charge >= 0.3 is 0 Å². The Bertz CT molecular complexity index is 703. The lowest BCUT2D eigenvalue weighted by molar-refractivity contribution is 0.114. The molecule has 1 aromatic carbocycles.